The molecule has 2 aromatic rings. The van der Waals surface area contributed by atoms with Gasteiger partial charge in [-0.1, -0.05) is 17.2 Å². The first-order valence-corrected chi connectivity index (χ1v) is 10.2. The predicted octanol–water partition coefficient (Wildman–Crippen LogP) is -0.293. The van der Waals surface area contributed by atoms with Crippen LogP contribution in [0.2, 0.25) is 0 Å². The van der Waals surface area contributed by atoms with Crippen LogP contribution >= 0.6 is 0 Å². The normalized spacial score (nSPS) is 12.8. The molecule has 0 aliphatic carbocycles. The van der Waals surface area contributed by atoms with Gasteiger partial charge in [-0.15, -0.1) is 0 Å². The maximum absolute atomic E-state index is 12.1. The Bertz CT molecular complexity index is 1180. The molecule has 1 aliphatic heterocycles. The molecule has 3 rings (SSSR count). The summed E-state index contributed by atoms with van der Waals surface area (Å²) in [5.41, 5.74) is 0.441. The zero-order valence-corrected chi connectivity index (χ0v) is 16.5. The number of hydrogen-bond donors (Lipinski definition) is 2. The topological polar surface area (TPSA) is 163 Å². The van der Waals surface area contributed by atoms with Gasteiger partial charge in [-0.25, -0.2) is 17.9 Å². The van der Waals surface area contributed by atoms with Crippen LogP contribution in [0.25, 0.3) is 0 Å². The zero-order chi connectivity index (χ0) is 22.6. The van der Waals surface area contributed by atoms with Crippen LogP contribution in [0, 0.1) is 11.3 Å². The molecule has 1 heterocycles. The largest absolute Gasteiger partial charge is 0.352 e. The molecule has 0 radical (unpaired) electrons. The maximum Gasteiger partial charge on any atom is 0.352 e. The Morgan fingerprint density at radius 2 is 1.55 bits per heavy atom. The summed E-state index contributed by atoms with van der Waals surface area (Å²) in [4.78, 5) is 52.5. The van der Waals surface area contributed by atoms with Crippen molar-refractivity contribution < 1.29 is 32.4 Å². The van der Waals surface area contributed by atoms with Crippen LogP contribution in [0.3, 0.4) is 0 Å². The van der Waals surface area contributed by atoms with E-state index in [1.54, 1.807) is 12.1 Å². The molecule has 0 spiro atoms. The molecule has 2 aromatic carbocycles. The summed E-state index contributed by atoms with van der Waals surface area (Å²) >= 11 is 0. The van der Waals surface area contributed by atoms with Crippen LogP contribution in [-0.2, 0) is 24.4 Å². The second kappa shape index (κ2) is 8.74. The molecule has 0 unspecified atom stereocenters. The molecule has 1 aliphatic rings. The highest BCUT2D eigenvalue weighted by atomic mass is 32.2. The third-order valence-corrected chi connectivity index (χ3v) is 5.51. The van der Waals surface area contributed by atoms with E-state index in [0.29, 0.717) is 5.06 Å². The van der Waals surface area contributed by atoms with Gasteiger partial charge in [-0.3, -0.25) is 14.4 Å². The number of rotatable bonds is 7. The average molecular weight is 442 g/mol. The van der Waals surface area contributed by atoms with Gasteiger partial charge in [0.05, 0.1) is 34.2 Å². The monoisotopic (exact) mass is 442 g/mol. The second-order valence-corrected chi connectivity index (χ2v) is 7.92. The Kier molecular flexibility index (Phi) is 6.10. The van der Waals surface area contributed by atoms with Gasteiger partial charge < -0.3 is 10.2 Å². The number of nitrogens with zero attached hydrogens (tertiary/aromatic N) is 2. The molecule has 0 atom stereocenters. The van der Waals surface area contributed by atoms with Crippen molar-refractivity contribution in [3.63, 3.8) is 0 Å². The summed E-state index contributed by atoms with van der Waals surface area (Å²) in [5.74, 6) is -3.57. The summed E-state index contributed by atoms with van der Waals surface area (Å²) in [5, 5.41) is 11.1. The van der Waals surface area contributed by atoms with Gasteiger partial charge in [0.2, 0.25) is 15.9 Å². The molecule has 0 saturated carbocycles. The molecule has 12 heteroatoms. The maximum atomic E-state index is 12.1. The van der Waals surface area contributed by atoms with Crippen molar-refractivity contribution in [3.8, 4) is 6.07 Å². The Labute approximate surface area is 176 Å². The van der Waals surface area contributed by atoms with E-state index in [1.807, 2.05) is 10.8 Å². The van der Waals surface area contributed by atoms with Crippen molar-refractivity contribution in [3.05, 3.63) is 65.2 Å². The third kappa shape index (κ3) is 4.74. The summed E-state index contributed by atoms with van der Waals surface area (Å²) < 4.78 is 26.3. The van der Waals surface area contributed by atoms with E-state index in [1.165, 1.54) is 36.4 Å². The zero-order valence-electron chi connectivity index (χ0n) is 15.7. The molecule has 0 aromatic heterocycles. The number of sulfonamides is 1. The van der Waals surface area contributed by atoms with Crippen LogP contribution in [0.1, 0.15) is 26.3 Å². The van der Waals surface area contributed by atoms with Gasteiger partial charge in [-0.05, 0) is 36.4 Å². The quantitative estimate of drug-likeness (QED) is 0.553. The fraction of sp³-hybridized carbons (Fsp3) is 0.105. The van der Waals surface area contributed by atoms with Crippen LogP contribution in [0.4, 0.5) is 0 Å². The number of fused-ring (bicyclic) bond motifs is 1. The van der Waals surface area contributed by atoms with E-state index >= 15 is 0 Å². The predicted molar refractivity (Wildman–Crippen MR) is 102 cm³/mol. The van der Waals surface area contributed by atoms with Gasteiger partial charge in [0.25, 0.3) is 11.8 Å². The molecule has 2 N–H and O–H groups in total. The first-order valence-electron chi connectivity index (χ1n) is 8.68. The average Bonchev–Trinajstić information content (AvgIpc) is 3.01. The van der Waals surface area contributed by atoms with E-state index in [2.05, 4.69) is 5.32 Å². The van der Waals surface area contributed by atoms with Gasteiger partial charge in [0, 0.05) is 0 Å². The molecule has 3 amide bonds. The summed E-state index contributed by atoms with van der Waals surface area (Å²) in [6, 6.07) is 12.8. The minimum Gasteiger partial charge on any atom is -0.344 e. The van der Waals surface area contributed by atoms with Crippen LogP contribution < -0.4 is 10.0 Å². The van der Waals surface area contributed by atoms with E-state index in [0.717, 1.165) is 0 Å². The molecule has 0 bridgehead atoms. The Hall–Kier alpha value is -4.08. The van der Waals surface area contributed by atoms with Crippen LogP contribution in [0.5, 0.6) is 0 Å². The number of carbonyl (C=O) groups is 4. The van der Waals surface area contributed by atoms with Crippen molar-refractivity contribution in [2.75, 3.05) is 13.1 Å². The van der Waals surface area contributed by atoms with E-state index in [4.69, 9.17) is 10.1 Å². The smallest absolute Gasteiger partial charge is 0.344 e. The van der Waals surface area contributed by atoms with Gasteiger partial charge in [0.1, 0.15) is 6.54 Å². The number of carbonyl (C=O) groups excluding carboxylic acids is 4. The molecular weight excluding hydrogens is 428 g/mol. The molecule has 11 nitrogen and oxygen atoms in total. The van der Waals surface area contributed by atoms with Crippen molar-refractivity contribution in [1.82, 2.24) is 15.1 Å². The lowest BCUT2D eigenvalue weighted by atomic mass is 10.1. The minimum absolute atomic E-state index is 0.0848. The fourth-order valence-corrected chi connectivity index (χ4v) is 3.55. The Balaban J connectivity index is 1.48. The summed E-state index contributed by atoms with van der Waals surface area (Å²) in [6.07, 6.45) is 0. The number of hydrogen-bond acceptors (Lipinski definition) is 8. The van der Waals surface area contributed by atoms with Gasteiger partial charge in [0.15, 0.2) is 0 Å². The third-order valence-electron chi connectivity index (χ3n) is 4.10. The summed E-state index contributed by atoms with van der Waals surface area (Å²) in [7, 11) is -4.02. The first-order chi connectivity index (χ1) is 14.7. The van der Waals surface area contributed by atoms with E-state index < -0.39 is 46.8 Å². The first kappa shape index (κ1) is 21.6. The lowest BCUT2D eigenvalue weighted by Gasteiger charge is -2.13. The highest BCUT2D eigenvalue weighted by Gasteiger charge is 2.38. The second-order valence-electron chi connectivity index (χ2n) is 6.15. The SMILES string of the molecule is N#Cc1ccc(S(=O)(=O)NCC(=O)NCC(=O)ON2C(=O)c3ccccc3C2=O)cc1. The number of hydroxylamine groups is 2. The van der Waals surface area contributed by atoms with Gasteiger partial charge >= 0.3 is 5.97 Å². The van der Waals surface area contributed by atoms with E-state index in [9.17, 15) is 27.6 Å². The molecule has 158 valence electrons. The van der Waals surface area contributed by atoms with Crippen LogP contribution in [0.15, 0.2) is 53.4 Å². The van der Waals surface area contributed by atoms with E-state index in [-0.39, 0.29) is 21.6 Å². The summed E-state index contributed by atoms with van der Waals surface area (Å²) in [6.45, 7) is -1.38. The van der Waals surface area contributed by atoms with Crippen LogP contribution in [-0.4, -0.2) is 50.3 Å². The minimum atomic E-state index is -4.02. The Morgan fingerprint density at radius 1 is 0.968 bits per heavy atom. The number of nitriles is 1. The standard InChI is InChI=1S/C19H14N4O7S/c20-9-12-5-7-13(8-6-12)31(28,29)22-10-16(24)21-11-17(25)30-23-18(26)14-3-1-2-4-15(14)19(23)27/h1-8,22H,10-11H2,(H,21,24). The lowest BCUT2D eigenvalue weighted by Crippen LogP contribution is -2.41. The number of amides is 3. The van der Waals surface area contributed by atoms with Gasteiger partial charge in [-0.2, -0.15) is 5.26 Å². The Morgan fingerprint density at radius 3 is 2.10 bits per heavy atom. The molecule has 0 fully saturated rings. The molecular formula is C19H14N4O7S. The van der Waals surface area contributed by atoms with Crippen molar-refractivity contribution in [2.45, 2.75) is 4.90 Å². The fourth-order valence-electron chi connectivity index (χ4n) is 2.57. The molecule has 31 heavy (non-hydrogen) atoms. The highest BCUT2D eigenvalue weighted by Crippen LogP contribution is 2.22. The highest BCUT2D eigenvalue weighted by molar-refractivity contribution is 7.89. The van der Waals surface area contributed by atoms with Crippen molar-refractivity contribution in [2.24, 2.45) is 0 Å². The molecule has 0 saturated heterocycles. The van der Waals surface area contributed by atoms with Crippen molar-refractivity contribution >= 4 is 33.7 Å². The number of imide groups is 1. The number of nitrogens with one attached hydrogen (secondary N) is 2. The lowest BCUT2D eigenvalue weighted by molar-refractivity contribution is -0.167. The van der Waals surface area contributed by atoms with Crippen molar-refractivity contribution in [1.29, 1.82) is 5.26 Å². The number of benzene rings is 2.